The van der Waals surface area contributed by atoms with Crippen LogP contribution in [0.3, 0.4) is 0 Å². The van der Waals surface area contributed by atoms with Crippen LogP contribution in [-0.2, 0) is 4.79 Å². The topological polar surface area (TPSA) is 49.4 Å². The van der Waals surface area contributed by atoms with Crippen molar-refractivity contribution in [2.45, 2.75) is 19.8 Å². The maximum atomic E-state index is 12.4. The van der Waals surface area contributed by atoms with E-state index in [-0.39, 0.29) is 11.8 Å². The Morgan fingerprint density at radius 1 is 1.37 bits per heavy atom. The van der Waals surface area contributed by atoms with Crippen molar-refractivity contribution in [3.05, 3.63) is 29.3 Å². The predicted octanol–water partition coefficient (Wildman–Crippen LogP) is 2.09. The van der Waals surface area contributed by atoms with Crippen molar-refractivity contribution >= 4 is 17.9 Å². The second-order valence-corrected chi connectivity index (χ2v) is 5.05. The third kappa shape index (κ3) is 2.95. The highest BCUT2D eigenvalue weighted by Gasteiger charge is 2.24. The molecule has 1 heterocycles. The van der Waals surface area contributed by atoms with Crippen LogP contribution >= 0.6 is 0 Å². The molecule has 1 aromatic rings. The Hall–Kier alpha value is -1.84. The van der Waals surface area contributed by atoms with Gasteiger partial charge in [-0.15, -0.1) is 0 Å². The summed E-state index contributed by atoms with van der Waals surface area (Å²) in [5.41, 5.74) is 2.74. The molecule has 0 spiro atoms. The minimum Gasteiger partial charge on any atom is -0.388 e. The van der Waals surface area contributed by atoms with E-state index in [0.29, 0.717) is 13.1 Å². The number of hydrogen-bond acceptors (Lipinski definition) is 3. The summed E-state index contributed by atoms with van der Waals surface area (Å²) < 4.78 is 0. The number of carbonyl (C=O) groups is 2. The van der Waals surface area contributed by atoms with Gasteiger partial charge >= 0.3 is 0 Å². The van der Waals surface area contributed by atoms with Crippen LogP contribution in [-0.4, -0.2) is 37.2 Å². The van der Waals surface area contributed by atoms with Crippen molar-refractivity contribution in [1.29, 1.82) is 0 Å². The van der Waals surface area contributed by atoms with E-state index in [1.807, 2.05) is 37.1 Å². The zero-order valence-electron chi connectivity index (χ0n) is 11.5. The molecule has 1 aliphatic rings. The number of hydrogen-bond donors (Lipinski definition) is 1. The Morgan fingerprint density at radius 3 is 2.58 bits per heavy atom. The van der Waals surface area contributed by atoms with Crippen LogP contribution in [0.15, 0.2) is 18.2 Å². The monoisotopic (exact) mass is 260 g/mol. The van der Waals surface area contributed by atoms with E-state index in [2.05, 4.69) is 5.32 Å². The Morgan fingerprint density at radius 2 is 2.05 bits per heavy atom. The summed E-state index contributed by atoms with van der Waals surface area (Å²) in [5, 5.41) is 3.06. The number of piperidine rings is 1. The number of nitrogens with zero attached hydrogens (tertiary/aromatic N) is 1. The highest BCUT2D eigenvalue weighted by atomic mass is 16.2. The second kappa shape index (κ2) is 5.87. The molecule has 0 aromatic heterocycles. The van der Waals surface area contributed by atoms with E-state index < -0.39 is 0 Å². The maximum Gasteiger partial charge on any atom is 0.254 e. The van der Waals surface area contributed by atoms with Gasteiger partial charge in [0.2, 0.25) is 0 Å². The number of amides is 1. The number of aryl methyl sites for hydroxylation is 1. The molecule has 0 saturated carbocycles. The molecule has 0 unspecified atom stereocenters. The molecule has 1 aliphatic heterocycles. The van der Waals surface area contributed by atoms with Gasteiger partial charge in [0.1, 0.15) is 6.29 Å². The summed E-state index contributed by atoms with van der Waals surface area (Å²) in [5.74, 6) is 0.196. The average Bonchev–Trinajstić information content (AvgIpc) is 2.46. The van der Waals surface area contributed by atoms with Gasteiger partial charge in [0.25, 0.3) is 5.91 Å². The van der Waals surface area contributed by atoms with Crippen molar-refractivity contribution in [3.8, 4) is 0 Å². The average molecular weight is 260 g/mol. The fourth-order valence-corrected chi connectivity index (χ4v) is 2.47. The van der Waals surface area contributed by atoms with E-state index in [4.69, 9.17) is 0 Å². The number of likely N-dealkylation sites (tertiary alicyclic amines) is 1. The van der Waals surface area contributed by atoms with Crippen LogP contribution in [0, 0.1) is 12.8 Å². The molecular formula is C15H20N2O2. The molecule has 1 fully saturated rings. The van der Waals surface area contributed by atoms with E-state index in [0.717, 1.165) is 35.9 Å². The van der Waals surface area contributed by atoms with E-state index in [9.17, 15) is 9.59 Å². The van der Waals surface area contributed by atoms with Gasteiger partial charge in [0.15, 0.2) is 0 Å². The lowest BCUT2D eigenvalue weighted by molar-refractivity contribution is -0.112. The minimum absolute atomic E-state index is 0.0736. The predicted molar refractivity (Wildman–Crippen MR) is 75.4 cm³/mol. The normalized spacial score (nSPS) is 16.2. The van der Waals surface area contributed by atoms with Crippen LogP contribution in [0.4, 0.5) is 5.69 Å². The molecule has 1 aromatic carbocycles. The van der Waals surface area contributed by atoms with E-state index >= 15 is 0 Å². The van der Waals surface area contributed by atoms with Gasteiger partial charge in [-0.05, 0) is 43.5 Å². The number of benzene rings is 1. The number of nitrogens with one attached hydrogen (secondary N) is 1. The van der Waals surface area contributed by atoms with Crippen LogP contribution in [0.1, 0.15) is 28.8 Å². The second-order valence-electron chi connectivity index (χ2n) is 5.05. The number of carbonyl (C=O) groups excluding carboxylic acids is 2. The zero-order valence-corrected chi connectivity index (χ0v) is 11.5. The molecule has 0 radical (unpaired) electrons. The molecule has 19 heavy (non-hydrogen) atoms. The molecule has 1 N–H and O–H groups in total. The van der Waals surface area contributed by atoms with Gasteiger partial charge in [-0.2, -0.15) is 0 Å². The van der Waals surface area contributed by atoms with Crippen LogP contribution in [0.5, 0.6) is 0 Å². The first kappa shape index (κ1) is 13.6. The molecule has 0 atom stereocenters. The smallest absolute Gasteiger partial charge is 0.254 e. The standard InChI is InChI=1S/C15H20N2O2/c1-11-9-13(16-2)3-4-14(11)15(19)17-7-5-12(10-18)6-8-17/h3-4,9-10,12,16H,5-8H2,1-2H3. The Balaban J connectivity index is 2.10. The molecule has 2 rings (SSSR count). The van der Waals surface area contributed by atoms with Crippen LogP contribution in [0.2, 0.25) is 0 Å². The first-order chi connectivity index (χ1) is 9.15. The number of rotatable bonds is 3. The van der Waals surface area contributed by atoms with Gasteiger partial charge in [-0.3, -0.25) is 4.79 Å². The summed E-state index contributed by atoms with van der Waals surface area (Å²) in [4.78, 5) is 25.0. The lowest BCUT2D eigenvalue weighted by Crippen LogP contribution is -2.39. The van der Waals surface area contributed by atoms with Crippen molar-refractivity contribution < 1.29 is 9.59 Å². The Labute approximate surface area is 113 Å². The molecular weight excluding hydrogens is 240 g/mol. The van der Waals surface area contributed by atoms with Crippen molar-refractivity contribution in [2.24, 2.45) is 5.92 Å². The summed E-state index contributed by atoms with van der Waals surface area (Å²) >= 11 is 0. The van der Waals surface area contributed by atoms with E-state index in [1.54, 1.807) is 0 Å². The fraction of sp³-hybridized carbons (Fsp3) is 0.467. The summed E-state index contributed by atoms with van der Waals surface area (Å²) in [7, 11) is 1.86. The van der Waals surface area contributed by atoms with Crippen LogP contribution in [0.25, 0.3) is 0 Å². The molecule has 4 heteroatoms. The number of anilines is 1. The largest absolute Gasteiger partial charge is 0.388 e. The Bertz CT molecular complexity index is 477. The Kier molecular flexibility index (Phi) is 4.20. The number of aldehydes is 1. The highest BCUT2D eigenvalue weighted by Crippen LogP contribution is 2.20. The molecule has 1 saturated heterocycles. The lowest BCUT2D eigenvalue weighted by Gasteiger charge is -2.30. The van der Waals surface area contributed by atoms with Crippen LogP contribution < -0.4 is 5.32 Å². The first-order valence-electron chi connectivity index (χ1n) is 6.68. The first-order valence-corrected chi connectivity index (χ1v) is 6.68. The zero-order chi connectivity index (χ0) is 13.8. The minimum atomic E-state index is 0.0736. The third-order valence-electron chi connectivity index (χ3n) is 3.76. The molecule has 1 amide bonds. The summed E-state index contributed by atoms with van der Waals surface area (Å²) in [6.45, 7) is 3.30. The molecule has 4 nitrogen and oxygen atoms in total. The van der Waals surface area contributed by atoms with Crippen molar-refractivity contribution in [1.82, 2.24) is 4.90 Å². The van der Waals surface area contributed by atoms with Gasteiger partial charge in [-0.1, -0.05) is 0 Å². The fourth-order valence-electron chi connectivity index (χ4n) is 2.47. The van der Waals surface area contributed by atoms with Crippen molar-refractivity contribution in [3.63, 3.8) is 0 Å². The lowest BCUT2D eigenvalue weighted by atomic mass is 9.97. The highest BCUT2D eigenvalue weighted by molar-refractivity contribution is 5.96. The third-order valence-corrected chi connectivity index (χ3v) is 3.76. The summed E-state index contributed by atoms with van der Waals surface area (Å²) in [6.07, 6.45) is 2.57. The quantitative estimate of drug-likeness (QED) is 0.847. The molecule has 0 aliphatic carbocycles. The van der Waals surface area contributed by atoms with Gasteiger partial charge < -0.3 is 15.0 Å². The van der Waals surface area contributed by atoms with Gasteiger partial charge in [0, 0.05) is 37.3 Å². The molecule has 0 bridgehead atoms. The summed E-state index contributed by atoms with van der Waals surface area (Å²) in [6, 6.07) is 5.76. The van der Waals surface area contributed by atoms with Gasteiger partial charge in [-0.25, -0.2) is 0 Å². The SMILES string of the molecule is CNc1ccc(C(=O)N2CCC(C=O)CC2)c(C)c1. The maximum absolute atomic E-state index is 12.4. The van der Waals surface area contributed by atoms with Crippen molar-refractivity contribution in [2.75, 3.05) is 25.5 Å². The molecule has 102 valence electrons. The van der Waals surface area contributed by atoms with Gasteiger partial charge in [0.05, 0.1) is 0 Å². The van der Waals surface area contributed by atoms with E-state index in [1.165, 1.54) is 0 Å².